The molecule has 13 heavy (non-hydrogen) atoms. The summed E-state index contributed by atoms with van der Waals surface area (Å²) in [5.74, 6) is 0.624. The summed E-state index contributed by atoms with van der Waals surface area (Å²) in [7, 11) is 0. The molecule has 1 rings (SSSR count). The number of nitrogens with zero attached hydrogens (tertiary/aromatic N) is 2. The second-order valence-electron chi connectivity index (χ2n) is 3.66. The predicted molar refractivity (Wildman–Crippen MR) is 51.1 cm³/mol. The first-order valence-electron chi connectivity index (χ1n) is 4.63. The van der Waals surface area contributed by atoms with Gasteiger partial charge in [-0.3, -0.25) is 0 Å². The van der Waals surface area contributed by atoms with Crippen molar-refractivity contribution in [2.75, 3.05) is 0 Å². The monoisotopic (exact) mass is 180 g/mol. The maximum absolute atomic E-state index is 9.69. The minimum absolute atomic E-state index is 0.413. The van der Waals surface area contributed by atoms with E-state index in [1.807, 2.05) is 0 Å². The smallest absolute Gasteiger partial charge is 0.115 e. The highest BCUT2D eigenvalue weighted by Gasteiger charge is 2.08. The lowest BCUT2D eigenvalue weighted by Gasteiger charge is -2.10. The molecule has 0 radical (unpaired) electrons. The van der Waals surface area contributed by atoms with Gasteiger partial charge in [0, 0.05) is 18.0 Å². The average Bonchev–Trinajstić information content (AvgIpc) is 2.15. The molecule has 0 bridgehead atoms. The van der Waals surface area contributed by atoms with Crippen molar-refractivity contribution < 1.29 is 5.11 Å². The van der Waals surface area contributed by atoms with Crippen LogP contribution < -0.4 is 0 Å². The van der Waals surface area contributed by atoms with Crippen molar-refractivity contribution in [2.45, 2.75) is 32.8 Å². The fourth-order valence-electron chi connectivity index (χ4n) is 1.14. The van der Waals surface area contributed by atoms with Gasteiger partial charge in [0.05, 0.1) is 6.10 Å². The van der Waals surface area contributed by atoms with Crippen molar-refractivity contribution in [2.24, 2.45) is 5.92 Å². The Morgan fingerprint density at radius 2 is 1.85 bits per heavy atom. The zero-order chi connectivity index (χ0) is 9.68. The molecule has 0 aliphatic heterocycles. The zero-order valence-corrected chi connectivity index (χ0v) is 8.14. The molecule has 1 unspecified atom stereocenters. The van der Waals surface area contributed by atoms with Crippen molar-refractivity contribution in [1.29, 1.82) is 0 Å². The van der Waals surface area contributed by atoms with E-state index in [9.17, 15) is 5.11 Å². The Hall–Kier alpha value is -0.960. The molecular formula is C10H16N2O. The molecule has 3 heteroatoms. The minimum Gasteiger partial charge on any atom is -0.388 e. The second-order valence-corrected chi connectivity index (χ2v) is 3.66. The van der Waals surface area contributed by atoms with E-state index >= 15 is 0 Å². The number of rotatable bonds is 4. The van der Waals surface area contributed by atoms with E-state index in [4.69, 9.17) is 0 Å². The minimum atomic E-state index is -0.413. The molecule has 1 aromatic rings. The number of aliphatic hydroxyl groups excluding tert-OH is 1. The van der Waals surface area contributed by atoms with E-state index < -0.39 is 6.10 Å². The number of aromatic nitrogens is 2. The predicted octanol–water partition coefficient (Wildman–Crippen LogP) is 1.95. The summed E-state index contributed by atoms with van der Waals surface area (Å²) in [6.45, 7) is 4.29. The van der Waals surface area contributed by atoms with Crippen molar-refractivity contribution in [3.8, 4) is 0 Å². The molecule has 0 amide bonds. The standard InChI is InChI=1S/C10H16N2O/c1-8(2)3-4-10(13)9-5-11-7-12-6-9/h5-8,10,13H,3-4H2,1-2H3. The van der Waals surface area contributed by atoms with Gasteiger partial charge in [-0.15, -0.1) is 0 Å². The van der Waals surface area contributed by atoms with Gasteiger partial charge in [-0.25, -0.2) is 9.97 Å². The number of hydrogen-bond acceptors (Lipinski definition) is 3. The van der Waals surface area contributed by atoms with E-state index in [-0.39, 0.29) is 0 Å². The van der Waals surface area contributed by atoms with E-state index in [0.29, 0.717) is 5.92 Å². The number of aliphatic hydroxyl groups is 1. The Morgan fingerprint density at radius 1 is 1.23 bits per heavy atom. The topological polar surface area (TPSA) is 46.0 Å². The SMILES string of the molecule is CC(C)CCC(O)c1cncnc1. The molecule has 0 aliphatic carbocycles. The Kier molecular flexibility index (Phi) is 3.83. The first kappa shape index (κ1) is 10.1. The van der Waals surface area contributed by atoms with Gasteiger partial charge in [-0.2, -0.15) is 0 Å². The third-order valence-corrected chi connectivity index (χ3v) is 1.98. The summed E-state index contributed by atoms with van der Waals surface area (Å²) in [5, 5.41) is 9.69. The molecule has 0 saturated heterocycles. The molecule has 1 aromatic heterocycles. The van der Waals surface area contributed by atoms with Gasteiger partial charge in [0.25, 0.3) is 0 Å². The summed E-state index contributed by atoms with van der Waals surface area (Å²) in [6, 6.07) is 0. The Morgan fingerprint density at radius 3 is 2.38 bits per heavy atom. The summed E-state index contributed by atoms with van der Waals surface area (Å²) in [4.78, 5) is 7.72. The Bertz CT molecular complexity index is 236. The number of hydrogen-bond donors (Lipinski definition) is 1. The van der Waals surface area contributed by atoms with Crippen LogP contribution >= 0.6 is 0 Å². The van der Waals surface area contributed by atoms with Crippen LogP contribution in [0.1, 0.15) is 38.4 Å². The molecule has 0 aliphatic rings. The van der Waals surface area contributed by atoms with Crippen molar-refractivity contribution in [3.05, 3.63) is 24.3 Å². The van der Waals surface area contributed by atoms with E-state index in [0.717, 1.165) is 18.4 Å². The molecule has 1 heterocycles. The van der Waals surface area contributed by atoms with Gasteiger partial charge in [-0.1, -0.05) is 13.8 Å². The third kappa shape index (κ3) is 3.51. The van der Waals surface area contributed by atoms with Gasteiger partial charge >= 0.3 is 0 Å². The first-order valence-corrected chi connectivity index (χ1v) is 4.63. The molecule has 0 fully saturated rings. The van der Waals surface area contributed by atoms with E-state index in [2.05, 4.69) is 23.8 Å². The Labute approximate surface area is 78.9 Å². The van der Waals surface area contributed by atoms with Crippen LogP contribution in [0.3, 0.4) is 0 Å². The first-order chi connectivity index (χ1) is 6.20. The maximum Gasteiger partial charge on any atom is 0.115 e. The van der Waals surface area contributed by atoms with Gasteiger partial charge in [0.15, 0.2) is 0 Å². The molecule has 3 nitrogen and oxygen atoms in total. The molecular weight excluding hydrogens is 164 g/mol. The molecule has 0 aromatic carbocycles. The quantitative estimate of drug-likeness (QED) is 0.770. The lowest BCUT2D eigenvalue weighted by Crippen LogP contribution is -2.00. The van der Waals surface area contributed by atoms with Crippen molar-refractivity contribution in [1.82, 2.24) is 9.97 Å². The fraction of sp³-hybridized carbons (Fsp3) is 0.600. The second kappa shape index (κ2) is 4.92. The highest BCUT2D eigenvalue weighted by Crippen LogP contribution is 2.18. The lowest BCUT2D eigenvalue weighted by molar-refractivity contribution is 0.158. The maximum atomic E-state index is 9.69. The normalized spacial score (nSPS) is 13.2. The lowest BCUT2D eigenvalue weighted by atomic mass is 10.0. The molecule has 0 spiro atoms. The van der Waals surface area contributed by atoms with Gasteiger partial charge in [0.1, 0.15) is 6.33 Å². The highest BCUT2D eigenvalue weighted by molar-refractivity contribution is 5.05. The van der Waals surface area contributed by atoms with Crippen LogP contribution in [-0.4, -0.2) is 15.1 Å². The van der Waals surface area contributed by atoms with Crippen molar-refractivity contribution in [3.63, 3.8) is 0 Å². The summed E-state index contributed by atoms with van der Waals surface area (Å²) < 4.78 is 0. The molecule has 1 atom stereocenters. The summed E-state index contributed by atoms with van der Waals surface area (Å²) in [6.07, 6.45) is 6.19. The largest absolute Gasteiger partial charge is 0.388 e. The Balaban J connectivity index is 2.44. The highest BCUT2D eigenvalue weighted by atomic mass is 16.3. The van der Waals surface area contributed by atoms with Gasteiger partial charge in [0.2, 0.25) is 0 Å². The summed E-state index contributed by atoms with van der Waals surface area (Å²) in [5.41, 5.74) is 0.808. The molecule has 0 saturated carbocycles. The van der Waals surface area contributed by atoms with Crippen LogP contribution in [0, 0.1) is 5.92 Å². The molecule has 72 valence electrons. The van der Waals surface area contributed by atoms with Crippen LogP contribution in [0.5, 0.6) is 0 Å². The fourth-order valence-corrected chi connectivity index (χ4v) is 1.14. The van der Waals surface area contributed by atoms with Crippen LogP contribution in [0.2, 0.25) is 0 Å². The third-order valence-electron chi connectivity index (χ3n) is 1.98. The van der Waals surface area contributed by atoms with Crippen molar-refractivity contribution >= 4 is 0 Å². The average molecular weight is 180 g/mol. The van der Waals surface area contributed by atoms with E-state index in [1.165, 1.54) is 6.33 Å². The van der Waals surface area contributed by atoms with Crippen LogP contribution in [0.25, 0.3) is 0 Å². The van der Waals surface area contributed by atoms with E-state index in [1.54, 1.807) is 12.4 Å². The molecule has 1 N–H and O–H groups in total. The summed E-state index contributed by atoms with van der Waals surface area (Å²) >= 11 is 0. The van der Waals surface area contributed by atoms with Crippen LogP contribution in [0.15, 0.2) is 18.7 Å². The van der Waals surface area contributed by atoms with Gasteiger partial charge < -0.3 is 5.11 Å². The van der Waals surface area contributed by atoms with Gasteiger partial charge in [-0.05, 0) is 18.8 Å². The van der Waals surface area contributed by atoms with Crippen LogP contribution in [-0.2, 0) is 0 Å². The van der Waals surface area contributed by atoms with Crippen LogP contribution in [0.4, 0.5) is 0 Å². The zero-order valence-electron chi connectivity index (χ0n) is 8.14.